The van der Waals surface area contributed by atoms with Gasteiger partial charge in [0, 0.05) is 18.5 Å². The molecule has 70 valence electrons. The topological polar surface area (TPSA) is 42.9 Å². The highest BCUT2D eigenvalue weighted by molar-refractivity contribution is 5.80. The number of Topliss-reactive ketones (excluding diaryl/α,β-unsaturated/α-hetero) is 1. The van der Waals surface area contributed by atoms with Gasteiger partial charge in [0.2, 0.25) is 0 Å². The predicted octanol–water partition coefficient (Wildman–Crippen LogP) is 1.56. The summed E-state index contributed by atoms with van der Waals surface area (Å²) < 4.78 is 0. The third-order valence-corrected chi connectivity index (χ3v) is 1.92. The molecule has 0 radical (unpaired) electrons. The molecular weight excluding hydrogens is 164 g/mol. The summed E-state index contributed by atoms with van der Waals surface area (Å²) >= 11 is 0. The summed E-state index contributed by atoms with van der Waals surface area (Å²) in [7, 11) is 0. The molecule has 0 aliphatic rings. The van der Waals surface area contributed by atoms with Gasteiger partial charge in [-0.15, -0.1) is 0 Å². The van der Waals surface area contributed by atoms with E-state index in [9.17, 15) is 4.79 Å². The van der Waals surface area contributed by atoms with Crippen LogP contribution in [0.2, 0.25) is 0 Å². The SMILES string of the molecule is CCC(=O)Cc1cc(CC)ncn1. The number of hydrogen-bond donors (Lipinski definition) is 0. The molecule has 0 spiro atoms. The highest BCUT2D eigenvalue weighted by Gasteiger charge is 2.02. The lowest BCUT2D eigenvalue weighted by Crippen LogP contribution is -2.03. The molecule has 0 unspecified atom stereocenters. The number of ketones is 1. The van der Waals surface area contributed by atoms with Crippen LogP contribution in [0.5, 0.6) is 0 Å². The Labute approximate surface area is 78.2 Å². The lowest BCUT2D eigenvalue weighted by Gasteiger charge is -1.99. The minimum Gasteiger partial charge on any atom is -0.299 e. The molecule has 0 amide bonds. The maximum Gasteiger partial charge on any atom is 0.138 e. The summed E-state index contributed by atoms with van der Waals surface area (Å²) in [5.74, 6) is 0.223. The van der Waals surface area contributed by atoms with Crippen molar-refractivity contribution in [1.82, 2.24) is 9.97 Å². The molecule has 0 saturated carbocycles. The fourth-order valence-electron chi connectivity index (χ4n) is 1.06. The summed E-state index contributed by atoms with van der Waals surface area (Å²) in [6.07, 6.45) is 3.42. The van der Waals surface area contributed by atoms with Gasteiger partial charge in [-0.2, -0.15) is 0 Å². The Balaban J connectivity index is 2.71. The van der Waals surface area contributed by atoms with Crippen molar-refractivity contribution >= 4 is 5.78 Å². The van der Waals surface area contributed by atoms with Gasteiger partial charge in [0.15, 0.2) is 0 Å². The summed E-state index contributed by atoms with van der Waals surface area (Å²) in [5, 5.41) is 0. The first-order valence-electron chi connectivity index (χ1n) is 4.57. The van der Waals surface area contributed by atoms with Gasteiger partial charge in [-0.3, -0.25) is 4.79 Å². The van der Waals surface area contributed by atoms with Crippen LogP contribution in [0.25, 0.3) is 0 Å². The van der Waals surface area contributed by atoms with E-state index in [0.29, 0.717) is 12.8 Å². The maximum atomic E-state index is 11.1. The molecule has 13 heavy (non-hydrogen) atoms. The Hall–Kier alpha value is -1.25. The van der Waals surface area contributed by atoms with Crippen LogP contribution >= 0.6 is 0 Å². The normalized spacial score (nSPS) is 10.0. The average molecular weight is 178 g/mol. The molecule has 1 heterocycles. The van der Waals surface area contributed by atoms with Crippen molar-refractivity contribution in [2.75, 3.05) is 0 Å². The quantitative estimate of drug-likeness (QED) is 0.702. The second kappa shape index (κ2) is 4.70. The first kappa shape index (κ1) is 9.84. The second-order valence-electron chi connectivity index (χ2n) is 2.92. The largest absolute Gasteiger partial charge is 0.299 e. The number of nitrogens with zero attached hydrogens (tertiary/aromatic N) is 2. The Morgan fingerprint density at radius 2 is 2.00 bits per heavy atom. The number of rotatable bonds is 4. The van der Waals surface area contributed by atoms with Crippen molar-refractivity contribution in [3.05, 3.63) is 23.8 Å². The van der Waals surface area contributed by atoms with Crippen molar-refractivity contribution < 1.29 is 4.79 Å². The second-order valence-corrected chi connectivity index (χ2v) is 2.92. The predicted molar refractivity (Wildman–Crippen MR) is 50.4 cm³/mol. The molecule has 0 atom stereocenters. The third kappa shape index (κ3) is 2.93. The first-order valence-corrected chi connectivity index (χ1v) is 4.57. The lowest BCUT2D eigenvalue weighted by molar-refractivity contribution is -0.118. The molecule has 0 aliphatic heterocycles. The van der Waals surface area contributed by atoms with E-state index in [1.807, 2.05) is 19.9 Å². The molecule has 0 aliphatic carbocycles. The van der Waals surface area contributed by atoms with Gasteiger partial charge in [-0.1, -0.05) is 13.8 Å². The fraction of sp³-hybridized carbons (Fsp3) is 0.500. The van der Waals surface area contributed by atoms with Gasteiger partial charge >= 0.3 is 0 Å². The number of hydrogen-bond acceptors (Lipinski definition) is 3. The molecule has 0 fully saturated rings. The summed E-state index contributed by atoms with van der Waals surface area (Å²) in [4.78, 5) is 19.2. The van der Waals surface area contributed by atoms with Crippen LogP contribution in [0.1, 0.15) is 31.7 Å². The number of aromatic nitrogens is 2. The van der Waals surface area contributed by atoms with Crippen LogP contribution < -0.4 is 0 Å². The lowest BCUT2D eigenvalue weighted by atomic mass is 10.1. The molecule has 0 saturated heterocycles. The minimum atomic E-state index is 0.223. The highest BCUT2D eigenvalue weighted by Crippen LogP contribution is 2.01. The Bertz CT molecular complexity index is 297. The van der Waals surface area contributed by atoms with Gasteiger partial charge in [0.1, 0.15) is 12.1 Å². The van der Waals surface area contributed by atoms with E-state index in [1.54, 1.807) is 0 Å². The molecule has 3 nitrogen and oxygen atoms in total. The van der Waals surface area contributed by atoms with Gasteiger partial charge in [0.05, 0.1) is 5.69 Å². The number of carbonyl (C=O) groups is 1. The van der Waals surface area contributed by atoms with Gasteiger partial charge < -0.3 is 0 Å². The van der Waals surface area contributed by atoms with E-state index in [2.05, 4.69) is 9.97 Å². The van der Waals surface area contributed by atoms with Crippen LogP contribution in [0, 0.1) is 0 Å². The van der Waals surface area contributed by atoms with Crippen LogP contribution in [-0.2, 0) is 17.6 Å². The van der Waals surface area contributed by atoms with Gasteiger partial charge in [-0.05, 0) is 12.5 Å². The van der Waals surface area contributed by atoms with Crippen LogP contribution in [0.3, 0.4) is 0 Å². The Morgan fingerprint density at radius 3 is 2.62 bits per heavy atom. The summed E-state index contributed by atoms with van der Waals surface area (Å²) in [6, 6.07) is 1.90. The van der Waals surface area contributed by atoms with Crippen molar-refractivity contribution in [2.45, 2.75) is 33.1 Å². The number of carbonyl (C=O) groups excluding carboxylic acids is 1. The molecule has 1 rings (SSSR count). The van der Waals surface area contributed by atoms with E-state index >= 15 is 0 Å². The Morgan fingerprint density at radius 1 is 1.31 bits per heavy atom. The summed E-state index contributed by atoms with van der Waals surface area (Å²) in [6.45, 7) is 3.90. The van der Waals surface area contributed by atoms with Gasteiger partial charge in [-0.25, -0.2) is 9.97 Å². The zero-order valence-electron chi connectivity index (χ0n) is 8.08. The van der Waals surface area contributed by atoms with E-state index in [0.717, 1.165) is 17.8 Å². The van der Waals surface area contributed by atoms with Crippen molar-refractivity contribution in [3.63, 3.8) is 0 Å². The fourth-order valence-corrected chi connectivity index (χ4v) is 1.06. The molecule has 3 heteroatoms. The van der Waals surface area contributed by atoms with Crippen LogP contribution in [0.15, 0.2) is 12.4 Å². The van der Waals surface area contributed by atoms with Crippen molar-refractivity contribution in [2.24, 2.45) is 0 Å². The smallest absolute Gasteiger partial charge is 0.138 e. The summed E-state index contributed by atoms with van der Waals surface area (Å²) in [5.41, 5.74) is 1.83. The van der Waals surface area contributed by atoms with Crippen LogP contribution in [-0.4, -0.2) is 15.8 Å². The Kier molecular flexibility index (Phi) is 3.55. The zero-order chi connectivity index (χ0) is 9.68. The molecule has 0 N–H and O–H groups in total. The van der Waals surface area contributed by atoms with Crippen molar-refractivity contribution in [3.8, 4) is 0 Å². The van der Waals surface area contributed by atoms with Crippen LogP contribution in [0.4, 0.5) is 0 Å². The van der Waals surface area contributed by atoms with E-state index in [-0.39, 0.29) is 5.78 Å². The number of aryl methyl sites for hydroxylation is 1. The first-order chi connectivity index (χ1) is 6.26. The zero-order valence-corrected chi connectivity index (χ0v) is 8.08. The molecule has 1 aromatic heterocycles. The van der Waals surface area contributed by atoms with Gasteiger partial charge in [0.25, 0.3) is 0 Å². The van der Waals surface area contributed by atoms with E-state index < -0.39 is 0 Å². The highest BCUT2D eigenvalue weighted by atomic mass is 16.1. The van der Waals surface area contributed by atoms with E-state index in [1.165, 1.54) is 6.33 Å². The van der Waals surface area contributed by atoms with E-state index in [4.69, 9.17) is 0 Å². The average Bonchev–Trinajstić information content (AvgIpc) is 2.18. The molecule has 0 aromatic carbocycles. The monoisotopic (exact) mass is 178 g/mol. The van der Waals surface area contributed by atoms with Crippen molar-refractivity contribution in [1.29, 1.82) is 0 Å². The standard InChI is InChI=1S/C10H14N2O/c1-3-8-5-9(12-7-11-8)6-10(13)4-2/h5,7H,3-4,6H2,1-2H3. The molecule has 0 bridgehead atoms. The third-order valence-electron chi connectivity index (χ3n) is 1.92. The molecule has 1 aromatic rings. The maximum absolute atomic E-state index is 11.1. The molecular formula is C10H14N2O. The minimum absolute atomic E-state index is 0.223.